The maximum atomic E-state index is 6.94. The highest BCUT2D eigenvalue weighted by molar-refractivity contribution is 7.00. The number of hydrogen-bond donors (Lipinski definition) is 0. The number of aromatic nitrogens is 2. The molecule has 3 aromatic heterocycles. The van der Waals surface area contributed by atoms with E-state index in [0.29, 0.717) is 0 Å². The molecule has 21 aromatic rings. The van der Waals surface area contributed by atoms with Crippen molar-refractivity contribution in [3.63, 3.8) is 0 Å². The van der Waals surface area contributed by atoms with E-state index in [0.717, 1.165) is 172 Å². The van der Waals surface area contributed by atoms with Gasteiger partial charge in [-0.05, 0) is 132 Å². The van der Waals surface area contributed by atoms with Gasteiger partial charge in [0.15, 0.2) is 0 Å². The van der Waals surface area contributed by atoms with Gasteiger partial charge < -0.3 is 23.4 Å². The van der Waals surface area contributed by atoms with E-state index < -0.39 is 0 Å². The SMILES string of the molecule is c1ccc(-c2cccc(-c3ccccc3)c2N2c3cc(-c4c5ccccc5c(-c5cccc6c5oc5ccccc56)c5ccccc45)ccc3B3c4ccc(-n5c6ccccc6c6ccccc65)cc4N(c4c(-c5ccccc5)cccc4-c4ccccc4)c4cc(-n5c6ccccc6c6ccccc65)cc2c43)cc1. The third-order valence-electron chi connectivity index (χ3n) is 23.5. The fourth-order valence-electron chi connectivity index (χ4n) is 18.9. The first-order valence-corrected chi connectivity index (χ1v) is 38.0. The summed E-state index contributed by atoms with van der Waals surface area (Å²) in [7, 11) is 0. The summed E-state index contributed by atoms with van der Waals surface area (Å²) in [5, 5.41) is 11.7. The summed E-state index contributed by atoms with van der Waals surface area (Å²) in [5.41, 5.74) is 32.0. The molecular formula is C104H65BN4O. The van der Waals surface area contributed by atoms with Gasteiger partial charge in [-0.2, -0.15) is 0 Å². The Morgan fingerprint density at radius 1 is 0.218 bits per heavy atom. The minimum absolute atomic E-state index is 0.306. The number of para-hydroxylation sites is 8. The molecule has 2 aliphatic heterocycles. The zero-order valence-electron chi connectivity index (χ0n) is 59.8. The maximum Gasteiger partial charge on any atom is 0.252 e. The summed E-state index contributed by atoms with van der Waals surface area (Å²) in [6.45, 7) is -0.306. The van der Waals surface area contributed by atoms with Crippen molar-refractivity contribution in [1.82, 2.24) is 9.13 Å². The second-order valence-corrected chi connectivity index (χ2v) is 29.2. The van der Waals surface area contributed by atoms with Crippen LogP contribution in [0.1, 0.15) is 0 Å². The maximum absolute atomic E-state index is 6.94. The second kappa shape index (κ2) is 24.6. The van der Waals surface area contributed by atoms with Crippen LogP contribution in [-0.4, -0.2) is 15.8 Å². The first-order chi connectivity index (χ1) is 54.6. The molecule has 2 aliphatic rings. The Morgan fingerprint density at radius 3 is 1.01 bits per heavy atom. The highest BCUT2D eigenvalue weighted by atomic mass is 16.3. The molecule has 0 atom stereocenters. The Morgan fingerprint density at radius 2 is 0.555 bits per heavy atom. The lowest BCUT2D eigenvalue weighted by Gasteiger charge is -2.46. The van der Waals surface area contributed by atoms with Crippen molar-refractivity contribution in [3.05, 3.63) is 394 Å². The Kier molecular flexibility index (Phi) is 13.8. The van der Waals surface area contributed by atoms with Gasteiger partial charge in [-0.25, -0.2) is 0 Å². The predicted molar refractivity (Wildman–Crippen MR) is 464 cm³/mol. The summed E-state index contributed by atoms with van der Waals surface area (Å²) in [4.78, 5) is 5.39. The van der Waals surface area contributed by atoms with Crippen molar-refractivity contribution >= 4 is 144 Å². The summed E-state index contributed by atoms with van der Waals surface area (Å²) >= 11 is 0. The van der Waals surface area contributed by atoms with Gasteiger partial charge in [0, 0.05) is 94.1 Å². The van der Waals surface area contributed by atoms with Crippen LogP contribution in [0.25, 0.3) is 165 Å². The molecule has 0 spiro atoms. The van der Waals surface area contributed by atoms with Crippen LogP contribution in [0.15, 0.2) is 399 Å². The smallest absolute Gasteiger partial charge is 0.252 e. The number of anilines is 6. The van der Waals surface area contributed by atoms with Crippen molar-refractivity contribution in [2.75, 3.05) is 9.80 Å². The standard InChI is InChI=1S/C104H65BN4O/c1-5-30-66(31-6-1)73-47-27-48-74(67-32-7-2-8-33-67)102(73)108-94-62-70(99-82-43-13-15-45-84(82)100(85-46-16-14-44-83(85)99)87-52-29-51-86-81-42-21-26-57-98(81)110-104(86)87)58-60-88(94)105-89-61-59-71(106-90-53-22-17-38-77(90)78-39-18-23-54-91(78)106)63-95(89)109(103-75(68-34-9-3-10-35-68)49-28-50-76(103)69-36-11-4-12-37-69)97-65-72(64-96(108)101(97)105)107-92-55-24-19-40-79(92)80-41-20-25-56-93(80)107/h1-65H. The van der Waals surface area contributed by atoms with Gasteiger partial charge in [-0.15, -0.1) is 0 Å². The molecule has 6 heteroatoms. The van der Waals surface area contributed by atoms with E-state index in [-0.39, 0.29) is 6.71 Å². The molecule has 18 aromatic carbocycles. The molecular weight excluding hydrogens is 1330 g/mol. The van der Waals surface area contributed by atoms with Crippen LogP contribution in [0.4, 0.5) is 34.1 Å². The van der Waals surface area contributed by atoms with Gasteiger partial charge in [0.1, 0.15) is 11.2 Å². The Bertz CT molecular complexity index is 7080. The molecule has 110 heavy (non-hydrogen) atoms. The predicted octanol–water partition coefficient (Wildman–Crippen LogP) is 26.2. The first kappa shape index (κ1) is 61.8. The molecule has 23 rings (SSSR count). The van der Waals surface area contributed by atoms with Gasteiger partial charge in [0.25, 0.3) is 6.71 Å². The molecule has 0 saturated heterocycles. The van der Waals surface area contributed by atoms with Crippen molar-refractivity contribution in [3.8, 4) is 78.1 Å². The van der Waals surface area contributed by atoms with Gasteiger partial charge >= 0.3 is 0 Å². The number of fused-ring (bicyclic) bond motifs is 15. The molecule has 0 aliphatic carbocycles. The molecule has 0 N–H and O–H groups in total. The van der Waals surface area contributed by atoms with Crippen molar-refractivity contribution in [1.29, 1.82) is 0 Å². The van der Waals surface area contributed by atoms with Gasteiger partial charge in [0.05, 0.1) is 39.1 Å². The molecule has 0 radical (unpaired) electrons. The third-order valence-corrected chi connectivity index (χ3v) is 23.5. The second-order valence-electron chi connectivity index (χ2n) is 29.2. The normalized spacial score (nSPS) is 12.5. The largest absolute Gasteiger partial charge is 0.455 e. The zero-order chi connectivity index (χ0) is 72.1. The van der Waals surface area contributed by atoms with Gasteiger partial charge in [-0.1, -0.05) is 334 Å². The van der Waals surface area contributed by atoms with Crippen LogP contribution in [-0.2, 0) is 0 Å². The van der Waals surface area contributed by atoms with Crippen molar-refractivity contribution < 1.29 is 4.42 Å². The van der Waals surface area contributed by atoms with Crippen molar-refractivity contribution in [2.24, 2.45) is 0 Å². The molecule has 5 heterocycles. The number of hydrogen-bond acceptors (Lipinski definition) is 3. The van der Waals surface area contributed by atoms with Crippen LogP contribution in [0, 0.1) is 0 Å². The third kappa shape index (κ3) is 9.23. The Balaban J connectivity index is 0.894. The van der Waals surface area contributed by atoms with E-state index in [1.807, 2.05) is 0 Å². The summed E-state index contributed by atoms with van der Waals surface area (Å²) in [6.07, 6.45) is 0. The molecule has 510 valence electrons. The fraction of sp³-hybridized carbons (Fsp3) is 0. The summed E-state index contributed by atoms with van der Waals surface area (Å²) in [5.74, 6) is 0. The average molecular weight is 1400 g/mol. The monoisotopic (exact) mass is 1400 g/mol. The lowest BCUT2D eigenvalue weighted by Crippen LogP contribution is -2.61. The number of rotatable bonds is 10. The number of nitrogens with zero attached hydrogens (tertiary/aromatic N) is 4. The highest BCUT2D eigenvalue weighted by Crippen LogP contribution is 2.56. The minimum atomic E-state index is -0.306. The highest BCUT2D eigenvalue weighted by Gasteiger charge is 2.46. The molecule has 0 bridgehead atoms. The Labute approximate surface area is 636 Å². The quantitative estimate of drug-likeness (QED) is 0.101. The fourth-order valence-corrected chi connectivity index (χ4v) is 18.9. The van der Waals surface area contributed by atoms with E-state index in [9.17, 15) is 0 Å². The summed E-state index contributed by atoms with van der Waals surface area (Å²) in [6, 6.07) is 147. The average Bonchev–Trinajstić information content (AvgIpc) is 0.701. The van der Waals surface area contributed by atoms with Crippen LogP contribution >= 0.6 is 0 Å². The lowest BCUT2D eigenvalue weighted by atomic mass is 9.33. The van der Waals surface area contributed by atoms with E-state index in [1.54, 1.807) is 0 Å². The molecule has 0 amide bonds. The molecule has 5 nitrogen and oxygen atoms in total. The number of furan rings is 1. The molecule has 0 unspecified atom stereocenters. The Hall–Kier alpha value is -14.5. The van der Waals surface area contributed by atoms with E-state index in [2.05, 4.69) is 413 Å². The first-order valence-electron chi connectivity index (χ1n) is 38.0. The van der Waals surface area contributed by atoms with Gasteiger partial charge in [-0.3, -0.25) is 0 Å². The van der Waals surface area contributed by atoms with Crippen LogP contribution in [0.2, 0.25) is 0 Å². The van der Waals surface area contributed by atoms with E-state index in [4.69, 9.17) is 4.42 Å². The van der Waals surface area contributed by atoms with E-state index >= 15 is 0 Å². The molecule has 0 fully saturated rings. The number of benzene rings is 18. The van der Waals surface area contributed by atoms with Crippen LogP contribution < -0.4 is 26.2 Å². The van der Waals surface area contributed by atoms with Crippen LogP contribution in [0.5, 0.6) is 0 Å². The van der Waals surface area contributed by atoms with Crippen LogP contribution in [0.3, 0.4) is 0 Å². The lowest BCUT2D eigenvalue weighted by molar-refractivity contribution is 0.670. The summed E-state index contributed by atoms with van der Waals surface area (Å²) < 4.78 is 12.0. The topological polar surface area (TPSA) is 29.5 Å². The van der Waals surface area contributed by atoms with Crippen molar-refractivity contribution in [2.45, 2.75) is 0 Å². The minimum Gasteiger partial charge on any atom is -0.455 e. The molecule has 0 saturated carbocycles. The van der Waals surface area contributed by atoms with Gasteiger partial charge in [0.2, 0.25) is 0 Å². The zero-order valence-corrected chi connectivity index (χ0v) is 59.8. The van der Waals surface area contributed by atoms with E-state index in [1.165, 1.54) is 43.5 Å².